The summed E-state index contributed by atoms with van der Waals surface area (Å²) in [6, 6.07) is 5.92. The minimum atomic E-state index is -4.47. The van der Waals surface area contributed by atoms with E-state index in [-0.39, 0.29) is 12.1 Å². The van der Waals surface area contributed by atoms with E-state index in [0.29, 0.717) is 22.8 Å². The molecule has 0 aliphatic carbocycles. The van der Waals surface area contributed by atoms with Crippen LogP contribution in [0.5, 0.6) is 6.01 Å². The maximum Gasteiger partial charge on any atom is 0.422 e. The summed E-state index contributed by atoms with van der Waals surface area (Å²) >= 11 is 0. The van der Waals surface area contributed by atoms with Crippen molar-refractivity contribution in [3.63, 3.8) is 0 Å². The van der Waals surface area contributed by atoms with Crippen LogP contribution in [0.3, 0.4) is 0 Å². The van der Waals surface area contributed by atoms with Gasteiger partial charge in [-0.3, -0.25) is 4.79 Å². The van der Waals surface area contributed by atoms with Crippen molar-refractivity contribution in [3.05, 3.63) is 58.5 Å². The first kappa shape index (κ1) is 17.6. The maximum atomic E-state index is 12.1. The van der Waals surface area contributed by atoms with Crippen LogP contribution in [0, 0.1) is 6.92 Å². The second-order valence-corrected chi connectivity index (χ2v) is 5.38. The zero-order chi connectivity index (χ0) is 18.7. The first-order chi connectivity index (χ1) is 12.3. The minimum Gasteiger partial charge on any atom is -0.464 e. The lowest BCUT2D eigenvalue weighted by Crippen LogP contribution is -2.22. The van der Waals surface area contributed by atoms with E-state index in [4.69, 9.17) is 4.42 Å². The summed E-state index contributed by atoms with van der Waals surface area (Å²) in [5.74, 6) is 1.29. The van der Waals surface area contributed by atoms with Gasteiger partial charge in [-0.1, -0.05) is 0 Å². The summed E-state index contributed by atoms with van der Waals surface area (Å²) in [4.78, 5) is 19.4. The van der Waals surface area contributed by atoms with Crippen LogP contribution in [-0.2, 0) is 6.54 Å². The zero-order valence-corrected chi connectivity index (χ0v) is 13.5. The van der Waals surface area contributed by atoms with Crippen LogP contribution in [0.2, 0.25) is 0 Å². The van der Waals surface area contributed by atoms with Crippen LogP contribution >= 0.6 is 0 Å². The van der Waals surface area contributed by atoms with Crippen LogP contribution < -0.4 is 10.3 Å². The van der Waals surface area contributed by atoms with Crippen molar-refractivity contribution in [1.82, 2.24) is 19.7 Å². The molecule has 0 saturated carbocycles. The summed E-state index contributed by atoms with van der Waals surface area (Å²) in [5.41, 5.74) is 0.484. The highest BCUT2D eigenvalue weighted by molar-refractivity contribution is 5.55. The third kappa shape index (κ3) is 4.47. The topological polar surface area (TPSA) is 83.0 Å². The number of halogens is 3. The zero-order valence-electron chi connectivity index (χ0n) is 13.5. The van der Waals surface area contributed by atoms with Crippen LogP contribution in [0.15, 0.2) is 45.9 Å². The van der Waals surface area contributed by atoms with Gasteiger partial charge in [0, 0.05) is 24.0 Å². The number of alkyl halides is 3. The summed E-state index contributed by atoms with van der Waals surface area (Å²) in [6.45, 7) is 0.460. The molecule has 0 atom stereocenters. The van der Waals surface area contributed by atoms with Crippen molar-refractivity contribution >= 4 is 0 Å². The third-order valence-electron chi connectivity index (χ3n) is 3.26. The maximum absolute atomic E-state index is 12.1. The fourth-order valence-corrected chi connectivity index (χ4v) is 2.10. The van der Waals surface area contributed by atoms with Gasteiger partial charge in [-0.05, 0) is 25.1 Å². The molecule has 0 bridgehead atoms. The molecule has 0 fully saturated rings. The SMILES string of the molecule is Cc1ccc(Cn2nc(-c3cnc(OCC(F)(F)F)nc3)ccc2=O)o1. The lowest BCUT2D eigenvalue weighted by Gasteiger charge is -2.08. The summed E-state index contributed by atoms with van der Waals surface area (Å²) in [7, 11) is 0. The Morgan fingerprint density at radius 1 is 1.15 bits per heavy atom. The molecule has 0 spiro atoms. The number of furan rings is 1. The molecular weight excluding hydrogens is 353 g/mol. The first-order valence-corrected chi connectivity index (χ1v) is 7.45. The molecule has 3 aromatic rings. The van der Waals surface area contributed by atoms with E-state index in [2.05, 4.69) is 19.8 Å². The molecule has 0 saturated heterocycles. The minimum absolute atomic E-state index is 0.147. The van der Waals surface area contributed by atoms with Gasteiger partial charge in [0.25, 0.3) is 5.56 Å². The Kier molecular flexibility index (Phi) is 4.74. The Labute approximate surface area is 145 Å². The van der Waals surface area contributed by atoms with E-state index in [0.717, 1.165) is 0 Å². The van der Waals surface area contributed by atoms with Crippen LogP contribution in [0.4, 0.5) is 13.2 Å². The largest absolute Gasteiger partial charge is 0.464 e. The average molecular weight is 366 g/mol. The monoisotopic (exact) mass is 366 g/mol. The molecule has 0 aliphatic heterocycles. The smallest absolute Gasteiger partial charge is 0.422 e. The van der Waals surface area contributed by atoms with Gasteiger partial charge in [-0.25, -0.2) is 14.6 Å². The fourth-order valence-electron chi connectivity index (χ4n) is 2.10. The summed E-state index contributed by atoms with van der Waals surface area (Å²) < 4.78 is 47.4. The van der Waals surface area contributed by atoms with Gasteiger partial charge in [0.05, 0.1) is 5.69 Å². The predicted octanol–water partition coefficient (Wildman–Crippen LogP) is 2.59. The normalized spacial score (nSPS) is 11.5. The van der Waals surface area contributed by atoms with Gasteiger partial charge in [-0.2, -0.15) is 18.3 Å². The van der Waals surface area contributed by atoms with Gasteiger partial charge >= 0.3 is 12.2 Å². The van der Waals surface area contributed by atoms with Crippen molar-refractivity contribution < 1.29 is 22.3 Å². The number of aryl methyl sites for hydroxylation is 1. The molecule has 3 rings (SSSR count). The van der Waals surface area contributed by atoms with Crippen molar-refractivity contribution in [2.45, 2.75) is 19.6 Å². The number of aromatic nitrogens is 4. The molecule has 0 aromatic carbocycles. The molecular formula is C16H13F3N4O3. The standard InChI is InChI=1S/C16H13F3N4O3/c1-10-2-3-12(26-10)8-23-14(24)5-4-13(22-23)11-6-20-15(21-7-11)25-9-16(17,18)19/h2-7H,8-9H2,1H3. The second kappa shape index (κ2) is 6.98. The summed E-state index contributed by atoms with van der Waals surface area (Å²) in [5, 5.41) is 4.21. The predicted molar refractivity (Wildman–Crippen MR) is 83.6 cm³/mol. The first-order valence-electron chi connectivity index (χ1n) is 7.45. The molecule has 3 aromatic heterocycles. The van der Waals surface area contributed by atoms with E-state index in [1.807, 2.05) is 0 Å². The number of nitrogens with zero attached hydrogens (tertiary/aromatic N) is 4. The van der Waals surface area contributed by atoms with Crippen LogP contribution in [-0.4, -0.2) is 32.5 Å². The summed E-state index contributed by atoms with van der Waals surface area (Å²) in [6.07, 6.45) is -1.93. The lowest BCUT2D eigenvalue weighted by molar-refractivity contribution is -0.154. The number of hydrogen-bond donors (Lipinski definition) is 0. The van der Waals surface area contributed by atoms with Crippen molar-refractivity contribution in [3.8, 4) is 17.3 Å². The number of rotatable bonds is 5. The molecule has 0 N–H and O–H groups in total. The lowest BCUT2D eigenvalue weighted by atomic mass is 10.2. The number of hydrogen-bond acceptors (Lipinski definition) is 6. The Hall–Kier alpha value is -3.17. The molecule has 0 unspecified atom stereocenters. The van der Waals surface area contributed by atoms with Crippen LogP contribution in [0.25, 0.3) is 11.3 Å². The highest BCUT2D eigenvalue weighted by Gasteiger charge is 2.28. The molecule has 26 heavy (non-hydrogen) atoms. The van der Waals surface area contributed by atoms with Gasteiger partial charge in [0.1, 0.15) is 18.1 Å². The molecule has 0 radical (unpaired) electrons. The number of ether oxygens (including phenoxy) is 1. The van der Waals surface area contributed by atoms with Gasteiger partial charge < -0.3 is 9.15 Å². The quantitative estimate of drug-likeness (QED) is 0.690. The van der Waals surface area contributed by atoms with E-state index < -0.39 is 18.8 Å². The molecule has 10 heteroatoms. The Morgan fingerprint density at radius 2 is 1.88 bits per heavy atom. The second-order valence-electron chi connectivity index (χ2n) is 5.38. The van der Waals surface area contributed by atoms with Crippen molar-refractivity contribution in [1.29, 1.82) is 0 Å². The van der Waals surface area contributed by atoms with E-state index in [9.17, 15) is 18.0 Å². The molecule has 136 valence electrons. The highest BCUT2D eigenvalue weighted by atomic mass is 19.4. The molecule has 3 heterocycles. The molecule has 0 amide bonds. The van der Waals surface area contributed by atoms with Gasteiger partial charge in [-0.15, -0.1) is 0 Å². The Bertz CT molecular complexity index is 948. The molecule has 0 aliphatic rings. The van der Waals surface area contributed by atoms with Crippen LogP contribution in [0.1, 0.15) is 11.5 Å². The van der Waals surface area contributed by atoms with E-state index >= 15 is 0 Å². The van der Waals surface area contributed by atoms with Gasteiger partial charge in [0.15, 0.2) is 6.61 Å². The van der Waals surface area contributed by atoms with Crippen molar-refractivity contribution in [2.75, 3.05) is 6.61 Å². The average Bonchev–Trinajstić information content (AvgIpc) is 3.00. The van der Waals surface area contributed by atoms with E-state index in [1.165, 1.54) is 29.2 Å². The fraction of sp³-hybridized carbons (Fsp3) is 0.250. The van der Waals surface area contributed by atoms with Gasteiger partial charge in [0.2, 0.25) is 0 Å². The Balaban J connectivity index is 1.78. The molecule has 7 nitrogen and oxygen atoms in total. The van der Waals surface area contributed by atoms with Crippen molar-refractivity contribution in [2.24, 2.45) is 0 Å². The highest BCUT2D eigenvalue weighted by Crippen LogP contribution is 2.18. The van der Waals surface area contributed by atoms with E-state index in [1.54, 1.807) is 19.1 Å². The third-order valence-corrected chi connectivity index (χ3v) is 3.26. The Morgan fingerprint density at radius 3 is 2.50 bits per heavy atom.